The molecule has 6 heteroatoms. The van der Waals surface area contributed by atoms with Crippen LogP contribution in [0.15, 0.2) is 24.3 Å². The molecule has 0 aliphatic rings. The van der Waals surface area contributed by atoms with Gasteiger partial charge >= 0.3 is 11.8 Å². The van der Waals surface area contributed by atoms with Crippen molar-refractivity contribution in [3.8, 4) is 12.1 Å². The van der Waals surface area contributed by atoms with E-state index in [1.165, 1.54) is 18.2 Å². The van der Waals surface area contributed by atoms with Crippen molar-refractivity contribution < 1.29 is 9.59 Å². The Morgan fingerprint density at radius 1 is 1.00 bits per heavy atom. The van der Waals surface area contributed by atoms with Crippen LogP contribution in [0.5, 0.6) is 0 Å². The quantitative estimate of drug-likeness (QED) is 0.703. The lowest BCUT2D eigenvalue weighted by Crippen LogP contribution is -2.10. The highest BCUT2D eigenvalue weighted by molar-refractivity contribution is 6.04. The number of nitrogens with one attached hydrogen (secondary N) is 2. The molecule has 0 aromatic heterocycles. The van der Waals surface area contributed by atoms with E-state index in [2.05, 4.69) is 10.6 Å². The van der Waals surface area contributed by atoms with Crippen LogP contribution < -0.4 is 10.6 Å². The molecule has 1 rings (SSSR count). The summed E-state index contributed by atoms with van der Waals surface area (Å²) in [6, 6.07) is 8.90. The standard InChI is InChI=1S/C10H6N4O2/c11-5-9(15)13-7-2-1-3-8(4-7)14-10(16)6-12/h1-4H,(H,13,15)(H,14,16). The first kappa shape index (κ1) is 11.2. The second-order valence-corrected chi connectivity index (χ2v) is 2.71. The van der Waals surface area contributed by atoms with Gasteiger partial charge in [-0.15, -0.1) is 0 Å². The summed E-state index contributed by atoms with van der Waals surface area (Å²) < 4.78 is 0. The van der Waals surface area contributed by atoms with Gasteiger partial charge in [-0.3, -0.25) is 9.59 Å². The van der Waals surface area contributed by atoms with Gasteiger partial charge in [0.15, 0.2) is 12.1 Å². The molecule has 1 aromatic carbocycles. The highest BCUT2D eigenvalue weighted by Crippen LogP contribution is 2.14. The van der Waals surface area contributed by atoms with Gasteiger partial charge in [0, 0.05) is 11.4 Å². The zero-order chi connectivity index (χ0) is 12.0. The van der Waals surface area contributed by atoms with Gasteiger partial charge in [-0.2, -0.15) is 10.5 Å². The van der Waals surface area contributed by atoms with Gasteiger partial charge in [-0.05, 0) is 18.2 Å². The molecule has 2 N–H and O–H groups in total. The minimum Gasteiger partial charge on any atom is -0.313 e. The van der Waals surface area contributed by atoms with E-state index in [4.69, 9.17) is 10.5 Å². The average molecular weight is 214 g/mol. The molecule has 0 aliphatic heterocycles. The normalized spacial score (nSPS) is 8.38. The minimum absolute atomic E-state index is 0.363. The minimum atomic E-state index is -0.802. The summed E-state index contributed by atoms with van der Waals surface area (Å²) in [5.41, 5.74) is 0.726. The lowest BCUT2D eigenvalue weighted by molar-refractivity contribution is -0.112. The molecule has 0 bridgehead atoms. The fourth-order valence-corrected chi connectivity index (χ4v) is 0.993. The summed E-state index contributed by atoms with van der Waals surface area (Å²) in [5, 5.41) is 21.1. The van der Waals surface area contributed by atoms with Crippen LogP contribution in [0, 0.1) is 22.7 Å². The number of rotatable bonds is 2. The molecular weight excluding hydrogens is 208 g/mol. The van der Waals surface area contributed by atoms with Crippen LogP contribution in [0.4, 0.5) is 11.4 Å². The number of nitriles is 2. The van der Waals surface area contributed by atoms with E-state index < -0.39 is 11.8 Å². The number of hydrogen-bond acceptors (Lipinski definition) is 4. The molecule has 0 saturated carbocycles. The maximum Gasteiger partial charge on any atom is 0.326 e. The Labute approximate surface area is 91.1 Å². The molecule has 1 aromatic rings. The highest BCUT2D eigenvalue weighted by atomic mass is 16.2. The molecule has 0 saturated heterocycles. The molecule has 16 heavy (non-hydrogen) atoms. The molecule has 0 fully saturated rings. The third-order valence-electron chi connectivity index (χ3n) is 1.58. The SMILES string of the molecule is N#CC(=O)Nc1cccc(NC(=O)C#N)c1. The van der Waals surface area contributed by atoms with E-state index in [0.29, 0.717) is 11.4 Å². The van der Waals surface area contributed by atoms with E-state index >= 15 is 0 Å². The van der Waals surface area contributed by atoms with Gasteiger partial charge in [0.1, 0.15) is 0 Å². The summed E-state index contributed by atoms with van der Waals surface area (Å²) in [7, 11) is 0. The van der Waals surface area contributed by atoms with Crippen molar-refractivity contribution >= 4 is 23.2 Å². The third kappa shape index (κ3) is 3.13. The number of anilines is 2. The van der Waals surface area contributed by atoms with Gasteiger partial charge in [0.25, 0.3) is 0 Å². The zero-order valence-electron chi connectivity index (χ0n) is 8.02. The lowest BCUT2D eigenvalue weighted by Gasteiger charge is -2.03. The van der Waals surface area contributed by atoms with Crippen molar-refractivity contribution in [3.63, 3.8) is 0 Å². The van der Waals surface area contributed by atoms with Crippen molar-refractivity contribution in [1.82, 2.24) is 0 Å². The van der Waals surface area contributed by atoms with Gasteiger partial charge in [0.2, 0.25) is 0 Å². The first-order chi connectivity index (χ1) is 7.65. The van der Waals surface area contributed by atoms with Crippen LogP contribution in [-0.4, -0.2) is 11.8 Å². The van der Waals surface area contributed by atoms with E-state index in [1.54, 1.807) is 18.2 Å². The fraction of sp³-hybridized carbons (Fsp3) is 0. The number of hydrogen-bond donors (Lipinski definition) is 2. The van der Waals surface area contributed by atoms with Gasteiger partial charge < -0.3 is 10.6 Å². The Hall–Kier alpha value is -2.86. The molecule has 0 spiro atoms. The van der Waals surface area contributed by atoms with Crippen LogP contribution >= 0.6 is 0 Å². The topological polar surface area (TPSA) is 106 Å². The second-order valence-electron chi connectivity index (χ2n) is 2.71. The summed E-state index contributed by atoms with van der Waals surface area (Å²) in [6.45, 7) is 0. The molecule has 0 heterocycles. The van der Waals surface area contributed by atoms with Crippen LogP contribution in [-0.2, 0) is 9.59 Å². The van der Waals surface area contributed by atoms with Crippen molar-refractivity contribution in [2.24, 2.45) is 0 Å². The predicted octanol–water partition coefficient (Wildman–Crippen LogP) is 0.611. The van der Waals surface area contributed by atoms with Crippen molar-refractivity contribution in [1.29, 1.82) is 10.5 Å². The largest absolute Gasteiger partial charge is 0.326 e. The number of benzene rings is 1. The van der Waals surface area contributed by atoms with Crippen molar-refractivity contribution in [2.45, 2.75) is 0 Å². The monoisotopic (exact) mass is 214 g/mol. The van der Waals surface area contributed by atoms with Gasteiger partial charge in [0.05, 0.1) is 0 Å². The van der Waals surface area contributed by atoms with Gasteiger partial charge in [-0.25, -0.2) is 0 Å². The zero-order valence-corrected chi connectivity index (χ0v) is 8.02. The maximum absolute atomic E-state index is 10.8. The molecular formula is C10H6N4O2. The van der Waals surface area contributed by atoms with Crippen LogP contribution in [0.2, 0.25) is 0 Å². The Bertz CT molecular complexity index is 467. The molecule has 0 radical (unpaired) electrons. The Morgan fingerprint density at radius 3 is 1.81 bits per heavy atom. The Morgan fingerprint density at radius 2 is 1.44 bits per heavy atom. The number of carbonyl (C=O) groups is 2. The molecule has 0 unspecified atom stereocenters. The molecule has 0 atom stereocenters. The highest BCUT2D eigenvalue weighted by Gasteiger charge is 2.02. The third-order valence-corrected chi connectivity index (χ3v) is 1.58. The first-order valence-corrected chi connectivity index (χ1v) is 4.18. The molecule has 6 nitrogen and oxygen atoms in total. The molecule has 0 aliphatic carbocycles. The van der Waals surface area contributed by atoms with Crippen molar-refractivity contribution in [2.75, 3.05) is 10.6 Å². The van der Waals surface area contributed by atoms with Crippen LogP contribution in [0.25, 0.3) is 0 Å². The Balaban J connectivity index is 2.80. The smallest absolute Gasteiger partial charge is 0.313 e. The number of nitrogens with zero attached hydrogens (tertiary/aromatic N) is 2. The van der Waals surface area contributed by atoms with Crippen molar-refractivity contribution in [3.05, 3.63) is 24.3 Å². The maximum atomic E-state index is 10.8. The summed E-state index contributed by atoms with van der Waals surface area (Å²) >= 11 is 0. The average Bonchev–Trinajstić information content (AvgIpc) is 2.29. The van der Waals surface area contributed by atoms with Crippen LogP contribution in [0.3, 0.4) is 0 Å². The van der Waals surface area contributed by atoms with E-state index in [0.717, 1.165) is 0 Å². The number of carbonyl (C=O) groups excluding carboxylic acids is 2. The molecule has 78 valence electrons. The summed E-state index contributed by atoms with van der Waals surface area (Å²) in [4.78, 5) is 21.5. The van der Waals surface area contributed by atoms with E-state index in [1.807, 2.05) is 0 Å². The lowest BCUT2D eigenvalue weighted by atomic mass is 10.2. The van der Waals surface area contributed by atoms with Gasteiger partial charge in [-0.1, -0.05) is 6.07 Å². The molecule has 2 amide bonds. The predicted molar refractivity (Wildman–Crippen MR) is 54.9 cm³/mol. The number of amides is 2. The summed E-state index contributed by atoms with van der Waals surface area (Å²) in [5.74, 6) is -1.60. The first-order valence-electron chi connectivity index (χ1n) is 4.18. The second kappa shape index (κ2) is 5.13. The Kier molecular flexibility index (Phi) is 3.59. The van der Waals surface area contributed by atoms with E-state index in [-0.39, 0.29) is 0 Å². The van der Waals surface area contributed by atoms with Crippen LogP contribution in [0.1, 0.15) is 0 Å². The summed E-state index contributed by atoms with van der Waals surface area (Å²) in [6.07, 6.45) is 0. The fourth-order valence-electron chi connectivity index (χ4n) is 0.993. The van der Waals surface area contributed by atoms with E-state index in [9.17, 15) is 9.59 Å².